The first kappa shape index (κ1) is 16.6. The molecule has 0 spiro atoms. The number of benzene rings is 3. The predicted octanol–water partition coefficient (Wildman–Crippen LogP) is 4.68. The van der Waals surface area contributed by atoms with Crippen LogP contribution in [-0.2, 0) is 4.79 Å². The maximum atomic E-state index is 12.8. The van der Waals surface area contributed by atoms with E-state index in [9.17, 15) is 9.90 Å². The van der Waals surface area contributed by atoms with Crippen molar-refractivity contribution in [1.29, 1.82) is 0 Å². The molecule has 4 aromatic rings. The second kappa shape index (κ2) is 6.53. The van der Waals surface area contributed by atoms with Crippen LogP contribution in [0.15, 0.2) is 72.9 Å². The van der Waals surface area contributed by atoms with Crippen molar-refractivity contribution in [2.45, 2.75) is 12.3 Å². The molecule has 0 radical (unpaired) electrons. The highest BCUT2D eigenvalue weighted by Crippen LogP contribution is 2.48. The van der Waals surface area contributed by atoms with Crippen LogP contribution >= 0.6 is 0 Å². The average molecular weight is 369 g/mol. The van der Waals surface area contributed by atoms with Gasteiger partial charge in [-0.1, -0.05) is 42.5 Å². The number of H-pyrrole nitrogens is 1. The Balaban J connectivity index is 1.44. The molecular formula is C23H19N3O2. The van der Waals surface area contributed by atoms with E-state index in [1.165, 1.54) is 5.56 Å². The van der Waals surface area contributed by atoms with E-state index in [1.54, 1.807) is 24.4 Å². The molecule has 1 fully saturated rings. The quantitative estimate of drug-likeness (QED) is 0.489. The van der Waals surface area contributed by atoms with Gasteiger partial charge >= 0.3 is 0 Å². The van der Waals surface area contributed by atoms with E-state index in [1.807, 2.05) is 36.4 Å². The highest BCUT2D eigenvalue weighted by atomic mass is 16.3. The Morgan fingerprint density at radius 3 is 2.71 bits per heavy atom. The average Bonchev–Trinajstić information content (AvgIpc) is 3.38. The molecule has 5 nitrogen and oxygen atoms in total. The Kier molecular flexibility index (Phi) is 3.86. The summed E-state index contributed by atoms with van der Waals surface area (Å²) >= 11 is 0. The maximum Gasteiger partial charge on any atom is 0.228 e. The summed E-state index contributed by atoms with van der Waals surface area (Å²) in [5, 5.41) is 20.8. The number of phenols is 1. The van der Waals surface area contributed by atoms with Crippen molar-refractivity contribution in [3.05, 3.63) is 78.5 Å². The highest BCUT2D eigenvalue weighted by molar-refractivity contribution is 6.04. The van der Waals surface area contributed by atoms with Crippen molar-refractivity contribution < 1.29 is 9.90 Å². The third-order valence-electron chi connectivity index (χ3n) is 5.35. The lowest BCUT2D eigenvalue weighted by molar-refractivity contribution is -0.117. The Morgan fingerprint density at radius 1 is 1.04 bits per heavy atom. The Morgan fingerprint density at radius 2 is 1.89 bits per heavy atom. The fraction of sp³-hybridized carbons (Fsp3) is 0.130. The number of aromatic nitrogens is 2. The Bertz CT molecular complexity index is 1170. The molecular weight excluding hydrogens is 350 g/mol. The molecule has 3 N–H and O–H groups in total. The van der Waals surface area contributed by atoms with Crippen molar-refractivity contribution in [3.8, 4) is 16.9 Å². The zero-order valence-corrected chi connectivity index (χ0v) is 15.1. The molecule has 5 heteroatoms. The lowest BCUT2D eigenvalue weighted by atomic mass is 10.0. The predicted molar refractivity (Wildman–Crippen MR) is 109 cm³/mol. The number of amides is 1. The molecule has 1 aliphatic carbocycles. The van der Waals surface area contributed by atoms with E-state index in [4.69, 9.17) is 0 Å². The molecule has 5 rings (SSSR count). The summed E-state index contributed by atoms with van der Waals surface area (Å²) in [7, 11) is 0. The Labute approximate surface area is 162 Å². The van der Waals surface area contributed by atoms with Gasteiger partial charge < -0.3 is 10.4 Å². The summed E-state index contributed by atoms with van der Waals surface area (Å²) in [6, 6.07) is 21.1. The largest absolute Gasteiger partial charge is 0.508 e. The van der Waals surface area contributed by atoms with Gasteiger partial charge in [0.1, 0.15) is 5.75 Å². The zero-order valence-electron chi connectivity index (χ0n) is 15.1. The number of anilines is 1. The van der Waals surface area contributed by atoms with E-state index in [0.29, 0.717) is 0 Å². The number of rotatable bonds is 4. The summed E-state index contributed by atoms with van der Waals surface area (Å²) in [6.45, 7) is 0. The first-order valence-corrected chi connectivity index (χ1v) is 9.31. The first-order chi connectivity index (χ1) is 13.7. The molecule has 138 valence electrons. The third kappa shape index (κ3) is 3.01. The molecule has 2 atom stereocenters. The van der Waals surface area contributed by atoms with Crippen molar-refractivity contribution in [2.24, 2.45) is 5.92 Å². The summed E-state index contributed by atoms with van der Waals surface area (Å²) in [5.41, 5.74) is 4.56. The van der Waals surface area contributed by atoms with Crippen LogP contribution in [0, 0.1) is 5.92 Å². The minimum Gasteiger partial charge on any atom is -0.508 e. The van der Waals surface area contributed by atoms with Gasteiger partial charge in [0.25, 0.3) is 0 Å². The van der Waals surface area contributed by atoms with Crippen LogP contribution in [0.25, 0.3) is 22.0 Å². The molecule has 1 aliphatic rings. The topological polar surface area (TPSA) is 78.0 Å². The number of nitrogens with zero attached hydrogens (tertiary/aromatic N) is 1. The number of aromatic amines is 1. The molecule has 0 aliphatic heterocycles. The fourth-order valence-corrected chi connectivity index (χ4v) is 3.79. The molecule has 2 unspecified atom stereocenters. The maximum absolute atomic E-state index is 12.8. The number of phenolic OH excluding ortho intramolecular Hbond substituents is 1. The SMILES string of the molecule is O=C(Nc1cc(-c2cccc(O)c2)cc2[nH]ncc12)C1CC1c1ccccc1. The third-order valence-corrected chi connectivity index (χ3v) is 5.35. The lowest BCUT2D eigenvalue weighted by Gasteiger charge is -2.10. The molecule has 0 saturated heterocycles. The number of carbonyl (C=O) groups is 1. The number of aromatic hydroxyl groups is 1. The standard InChI is InChI=1S/C23H19N3O2/c27-17-8-4-7-15(9-17)16-10-21(20-13-24-26-22(20)11-16)25-23(28)19-12-18(19)14-5-2-1-3-6-14/h1-11,13,18-19,27H,12H2,(H,24,26)(H,25,28). The summed E-state index contributed by atoms with van der Waals surface area (Å²) in [5.74, 6) is 0.518. The van der Waals surface area contributed by atoms with Crippen molar-refractivity contribution in [1.82, 2.24) is 10.2 Å². The minimum atomic E-state index is -0.00576. The van der Waals surface area contributed by atoms with Gasteiger partial charge in [-0.3, -0.25) is 9.89 Å². The molecule has 1 saturated carbocycles. The lowest BCUT2D eigenvalue weighted by Crippen LogP contribution is -2.14. The van der Waals surface area contributed by atoms with Crippen LogP contribution in [-0.4, -0.2) is 21.2 Å². The molecule has 3 aromatic carbocycles. The second-order valence-corrected chi connectivity index (χ2v) is 7.25. The normalized spacial score (nSPS) is 18.1. The smallest absolute Gasteiger partial charge is 0.228 e. The number of fused-ring (bicyclic) bond motifs is 1. The van der Waals surface area contributed by atoms with Gasteiger partial charge in [0.2, 0.25) is 5.91 Å². The second-order valence-electron chi connectivity index (χ2n) is 7.25. The summed E-state index contributed by atoms with van der Waals surface area (Å²) < 4.78 is 0. The van der Waals surface area contributed by atoms with E-state index >= 15 is 0 Å². The number of hydrogen-bond acceptors (Lipinski definition) is 3. The fourth-order valence-electron chi connectivity index (χ4n) is 3.79. The summed E-state index contributed by atoms with van der Waals surface area (Å²) in [4.78, 5) is 12.8. The van der Waals surface area contributed by atoms with Gasteiger partial charge in [-0.05, 0) is 53.3 Å². The van der Waals surface area contributed by atoms with Crippen LogP contribution in [0.5, 0.6) is 5.75 Å². The zero-order chi connectivity index (χ0) is 19.1. The first-order valence-electron chi connectivity index (χ1n) is 9.31. The van der Waals surface area contributed by atoms with Crippen molar-refractivity contribution in [2.75, 3.05) is 5.32 Å². The molecule has 1 amide bonds. The van der Waals surface area contributed by atoms with E-state index < -0.39 is 0 Å². The van der Waals surface area contributed by atoms with Crippen LogP contribution in [0.2, 0.25) is 0 Å². The van der Waals surface area contributed by atoms with Gasteiger partial charge in [0, 0.05) is 11.3 Å². The van der Waals surface area contributed by atoms with Gasteiger partial charge in [-0.2, -0.15) is 5.10 Å². The van der Waals surface area contributed by atoms with Gasteiger partial charge in [0.15, 0.2) is 0 Å². The van der Waals surface area contributed by atoms with Gasteiger partial charge in [0.05, 0.1) is 17.4 Å². The molecule has 1 heterocycles. The minimum absolute atomic E-state index is 0.00576. The van der Waals surface area contributed by atoms with E-state index in [0.717, 1.165) is 34.1 Å². The van der Waals surface area contributed by atoms with Gasteiger partial charge in [-0.25, -0.2) is 0 Å². The summed E-state index contributed by atoms with van der Waals surface area (Å²) in [6.07, 6.45) is 2.59. The molecule has 1 aromatic heterocycles. The van der Waals surface area contributed by atoms with Crippen molar-refractivity contribution >= 4 is 22.5 Å². The number of hydrogen-bond donors (Lipinski definition) is 3. The van der Waals surface area contributed by atoms with Gasteiger partial charge in [-0.15, -0.1) is 0 Å². The monoisotopic (exact) mass is 369 g/mol. The number of nitrogens with one attached hydrogen (secondary N) is 2. The highest BCUT2D eigenvalue weighted by Gasteiger charge is 2.43. The van der Waals surface area contributed by atoms with E-state index in [2.05, 4.69) is 27.6 Å². The Hall–Kier alpha value is -3.60. The van der Waals surface area contributed by atoms with E-state index in [-0.39, 0.29) is 23.5 Å². The van der Waals surface area contributed by atoms with Crippen LogP contribution in [0.3, 0.4) is 0 Å². The van der Waals surface area contributed by atoms with Crippen LogP contribution in [0.4, 0.5) is 5.69 Å². The molecule has 0 bridgehead atoms. The van der Waals surface area contributed by atoms with Crippen LogP contribution < -0.4 is 5.32 Å². The molecule has 28 heavy (non-hydrogen) atoms. The van der Waals surface area contributed by atoms with Crippen molar-refractivity contribution in [3.63, 3.8) is 0 Å². The van der Waals surface area contributed by atoms with Crippen LogP contribution in [0.1, 0.15) is 17.9 Å². The number of carbonyl (C=O) groups excluding carboxylic acids is 1.